The summed E-state index contributed by atoms with van der Waals surface area (Å²) in [6.45, 7) is 4.52. The monoisotopic (exact) mass is 304 g/mol. The average Bonchev–Trinajstić information content (AvgIpc) is 2.47. The minimum atomic E-state index is -0.434. The molecule has 5 heteroatoms. The molecule has 2 rings (SSSR count). The van der Waals surface area contributed by atoms with E-state index in [1.165, 1.54) is 6.92 Å². The number of aliphatic hydroxyl groups excluding tert-OH is 1. The van der Waals surface area contributed by atoms with E-state index in [4.69, 9.17) is 0 Å². The molecule has 1 fully saturated rings. The van der Waals surface area contributed by atoms with Crippen molar-refractivity contribution in [3.05, 3.63) is 35.4 Å². The molecule has 1 aliphatic heterocycles. The van der Waals surface area contributed by atoms with E-state index in [1.807, 2.05) is 31.2 Å². The first-order valence-corrected chi connectivity index (χ1v) is 7.75. The summed E-state index contributed by atoms with van der Waals surface area (Å²) in [6, 6.07) is 7.49. The van der Waals surface area contributed by atoms with Crippen molar-refractivity contribution in [3.8, 4) is 0 Å². The van der Waals surface area contributed by atoms with Gasteiger partial charge >= 0.3 is 0 Å². The molecule has 2 amide bonds. The number of rotatable bonds is 4. The second-order valence-corrected chi connectivity index (χ2v) is 6.00. The molecule has 2 unspecified atom stereocenters. The Labute approximate surface area is 131 Å². The van der Waals surface area contributed by atoms with E-state index in [0.717, 1.165) is 24.0 Å². The lowest BCUT2D eigenvalue weighted by Crippen LogP contribution is -2.43. The van der Waals surface area contributed by atoms with E-state index in [-0.39, 0.29) is 24.3 Å². The van der Waals surface area contributed by atoms with E-state index in [2.05, 4.69) is 5.32 Å². The molecule has 1 saturated heterocycles. The lowest BCUT2D eigenvalue weighted by atomic mass is 10.0. The van der Waals surface area contributed by atoms with Crippen LogP contribution in [0, 0.1) is 6.92 Å². The number of hydrogen-bond acceptors (Lipinski definition) is 3. The normalized spacial score (nSPS) is 19.6. The summed E-state index contributed by atoms with van der Waals surface area (Å²) in [7, 11) is 0. The molecule has 0 aliphatic carbocycles. The van der Waals surface area contributed by atoms with Gasteiger partial charge in [0, 0.05) is 20.0 Å². The van der Waals surface area contributed by atoms with Crippen LogP contribution in [0.25, 0.3) is 0 Å². The molecular weight excluding hydrogens is 280 g/mol. The van der Waals surface area contributed by atoms with Crippen LogP contribution in [0.2, 0.25) is 0 Å². The molecule has 1 aromatic rings. The molecular formula is C17H24N2O3. The Morgan fingerprint density at radius 1 is 1.36 bits per heavy atom. The van der Waals surface area contributed by atoms with Gasteiger partial charge in [-0.15, -0.1) is 0 Å². The number of nitrogens with zero attached hydrogens (tertiary/aromatic N) is 1. The molecule has 1 aromatic carbocycles. The van der Waals surface area contributed by atoms with E-state index in [1.54, 1.807) is 4.90 Å². The minimum absolute atomic E-state index is 0.0296. The summed E-state index contributed by atoms with van der Waals surface area (Å²) in [5.41, 5.74) is 2.06. The van der Waals surface area contributed by atoms with Crippen molar-refractivity contribution in [1.29, 1.82) is 0 Å². The van der Waals surface area contributed by atoms with Gasteiger partial charge in [0.1, 0.15) is 0 Å². The first-order valence-electron chi connectivity index (χ1n) is 7.75. The fourth-order valence-electron chi connectivity index (χ4n) is 2.78. The number of hydrogen-bond donors (Lipinski definition) is 2. The Hall–Kier alpha value is -1.88. The highest BCUT2D eigenvalue weighted by Crippen LogP contribution is 2.20. The Morgan fingerprint density at radius 3 is 2.64 bits per heavy atom. The number of carbonyl (C=O) groups is 2. The molecule has 22 heavy (non-hydrogen) atoms. The van der Waals surface area contributed by atoms with Crippen LogP contribution in [0.5, 0.6) is 0 Å². The fourth-order valence-corrected chi connectivity index (χ4v) is 2.78. The maximum Gasteiger partial charge on any atom is 0.225 e. The van der Waals surface area contributed by atoms with Gasteiger partial charge in [0.2, 0.25) is 11.8 Å². The van der Waals surface area contributed by atoms with Crippen LogP contribution in [-0.2, 0) is 9.59 Å². The highest BCUT2D eigenvalue weighted by atomic mass is 16.3. The topological polar surface area (TPSA) is 69.6 Å². The molecule has 120 valence electrons. The first kappa shape index (κ1) is 16.5. The van der Waals surface area contributed by atoms with Gasteiger partial charge in [0.25, 0.3) is 0 Å². The van der Waals surface area contributed by atoms with Gasteiger partial charge in [0.05, 0.1) is 18.6 Å². The van der Waals surface area contributed by atoms with Crippen molar-refractivity contribution in [2.24, 2.45) is 0 Å². The number of benzene rings is 1. The van der Waals surface area contributed by atoms with Gasteiger partial charge in [0.15, 0.2) is 0 Å². The van der Waals surface area contributed by atoms with Crippen molar-refractivity contribution in [2.75, 3.05) is 13.1 Å². The van der Waals surface area contributed by atoms with Crippen molar-refractivity contribution in [3.63, 3.8) is 0 Å². The molecule has 0 radical (unpaired) electrons. The van der Waals surface area contributed by atoms with Gasteiger partial charge in [-0.3, -0.25) is 9.59 Å². The highest BCUT2D eigenvalue weighted by molar-refractivity contribution is 5.79. The third-order valence-electron chi connectivity index (χ3n) is 3.99. The Balaban J connectivity index is 2.07. The number of piperidine rings is 1. The predicted molar refractivity (Wildman–Crippen MR) is 84.2 cm³/mol. The molecule has 2 atom stereocenters. The maximum absolute atomic E-state index is 12.4. The molecule has 0 aromatic heterocycles. The Kier molecular flexibility index (Phi) is 5.55. The lowest BCUT2D eigenvalue weighted by Gasteiger charge is -2.31. The quantitative estimate of drug-likeness (QED) is 0.886. The maximum atomic E-state index is 12.4. The number of aryl methyl sites for hydroxylation is 1. The molecule has 0 bridgehead atoms. The van der Waals surface area contributed by atoms with Crippen LogP contribution in [0.3, 0.4) is 0 Å². The van der Waals surface area contributed by atoms with Crippen LogP contribution < -0.4 is 5.32 Å². The van der Waals surface area contributed by atoms with Gasteiger partial charge in [-0.2, -0.15) is 0 Å². The summed E-state index contributed by atoms with van der Waals surface area (Å²) in [6.07, 6.45) is 1.35. The lowest BCUT2D eigenvalue weighted by molar-refractivity contribution is -0.135. The van der Waals surface area contributed by atoms with Crippen molar-refractivity contribution in [1.82, 2.24) is 10.2 Å². The summed E-state index contributed by atoms with van der Waals surface area (Å²) in [5.74, 6) is -0.185. The van der Waals surface area contributed by atoms with Crippen LogP contribution >= 0.6 is 0 Å². The van der Waals surface area contributed by atoms with Crippen molar-refractivity contribution >= 4 is 11.8 Å². The van der Waals surface area contributed by atoms with Gasteiger partial charge in [-0.1, -0.05) is 29.8 Å². The van der Waals surface area contributed by atoms with Gasteiger partial charge < -0.3 is 15.3 Å². The zero-order valence-electron chi connectivity index (χ0n) is 13.2. The molecule has 1 aliphatic rings. The fraction of sp³-hybridized carbons (Fsp3) is 0.529. The smallest absolute Gasteiger partial charge is 0.225 e. The molecule has 0 saturated carbocycles. The highest BCUT2D eigenvalue weighted by Gasteiger charge is 2.25. The summed E-state index contributed by atoms with van der Waals surface area (Å²) in [5, 5.41) is 12.5. The standard InChI is InChI=1S/C17H24N2O3/c1-12-5-7-14(8-6-12)16(18-13(2)20)10-17(22)19-9-3-4-15(21)11-19/h5-8,15-16,21H,3-4,9-11H2,1-2H3,(H,18,20). The minimum Gasteiger partial charge on any atom is -0.391 e. The number of nitrogens with one attached hydrogen (secondary N) is 1. The van der Waals surface area contributed by atoms with Crippen molar-refractivity contribution in [2.45, 2.75) is 45.3 Å². The van der Waals surface area contributed by atoms with Crippen LogP contribution in [-0.4, -0.2) is 41.0 Å². The van der Waals surface area contributed by atoms with Crippen molar-refractivity contribution < 1.29 is 14.7 Å². The molecule has 5 nitrogen and oxygen atoms in total. The zero-order chi connectivity index (χ0) is 16.1. The Bertz CT molecular complexity index is 527. The second-order valence-electron chi connectivity index (χ2n) is 6.00. The van der Waals surface area contributed by atoms with Gasteiger partial charge in [-0.05, 0) is 25.3 Å². The van der Waals surface area contributed by atoms with E-state index >= 15 is 0 Å². The first-order chi connectivity index (χ1) is 10.5. The predicted octanol–water partition coefficient (Wildman–Crippen LogP) is 1.55. The summed E-state index contributed by atoms with van der Waals surface area (Å²) < 4.78 is 0. The number of amides is 2. The third-order valence-corrected chi connectivity index (χ3v) is 3.99. The van der Waals surface area contributed by atoms with Gasteiger partial charge in [-0.25, -0.2) is 0 Å². The number of likely N-dealkylation sites (tertiary alicyclic amines) is 1. The summed E-state index contributed by atoms with van der Waals surface area (Å²) in [4.78, 5) is 25.6. The molecule has 2 N–H and O–H groups in total. The largest absolute Gasteiger partial charge is 0.391 e. The van der Waals surface area contributed by atoms with E-state index < -0.39 is 6.10 Å². The molecule has 1 heterocycles. The van der Waals surface area contributed by atoms with Crippen LogP contribution in [0.4, 0.5) is 0 Å². The van der Waals surface area contributed by atoms with E-state index in [0.29, 0.717) is 13.1 Å². The van der Waals surface area contributed by atoms with E-state index in [9.17, 15) is 14.7 Å². The second kappa shape index (κ2) is 7.40. The number of aliphatic hydroxyl groups is 1. The Morgan fingerprint density at radius 2 is 2.05 bits per heavy atom. The van der Waals surface area contributed by atoms with Crippen LogP contribution in [0.15, 0.2) is 24.3 Å². The SMILES string of the molecule is CC(=O)NC(CC(=O)N1CCCC(O)C1)c1ccc(C)cc1. The zero-order valence-corrected chi connectivity index (χ0v) is 13.2. The molecule has 0 spiro atoms. The number of carbonyl (C=O) groups excluding carboxylic acids is 2. The number of β-amino-alcohol motifs (C(OH)–C–C–N with tert-alkyl or cyclic N) is 1. The van der Waals surface area contributed by atoms with Crippen LogP contribution in [0.1, 0.15) is 43.4 Å². The average molecular weight is 304 g/mol. The third kappa shape index (κ3) is 4.56. The summed E-state index contributed by atoms with van der Waals surface area (Å²) >= 11 is 0.